The average Bonchev–Trinajstić information content (AvgIpc) is 3.10. The van der Waals surface area contributed by atoms with Gasteiger partial charge < -0.3 is 15.0 Å². The molecule has 0 spiro atoms. The molecule has 1 atom stereocenters. The molecule has 0 aliphatic carbocycles. The fraction of sp³-hybridized carbons (Fsp3) is 0.562. The van der Waals surface area contributed by atoms with E-state index in [1.165, 1.54) is 6.20 Å². The van der Waals surface area contributed by atoms with Crippen LogP contribution in [0, 0.1) is 17.2 Å². The van der Waals surface area contributed by atoms with Crippen LogP contribution in [-0.4, -0.2) is 48.0 Å². The number of carbonyl (C=O) groups is 2. The highest BCUT2D eigenvalue weighted by Gasteiger charge is 2.31. The number of rotatable bonds is 7. The summed E-state index contributed by atoms with van der Waals surface area (Å²) in [5.74, 6) is -2.13. The van der Waals surface area contributed by atoms with Crippen molar-refractivity contribution in [2.45, 2.75) is 26.7 Å². The minimum Gasteiger partial charge on any atom is -0.465 e. The molecule has 8 nitrogen and oxygen atoms in total. The lowest BCUT2D eigenvalue weighted by molar-refractivity contribution is -0.144. The smallest absolute Gasteiger partial charge is 0.331 e. The summed E-state index contributed by atoms with van der Waals surface area (Å²) >= 11 is 0. The Hall–Kier alpha value is -2.69. The zero-order valence-corrected chi connectivity index (χ0v) is 13.9. The van der Waals surface area contributed by atoms with Gasteiger partial charge in [0, 0.05) is 25.8 Å². The van der Waals surface area contributed by atoms with Crippen LogP contribution in [0.2, 0.25) is 0 Å². The molecule has 1 aliphatic heterocycles. The molecule has 2 heterocycles. The predicted molar refractivity (Wildman–Crippen MR) is 87.7 cm³/mol. The van der Waals surface area contributed by atoms with E-state index in [4.69, 9.17) is 10.00 Å². The van der Waals surface area contributed by atoms with Crippen LogP contribution in [0.3, 0.4) is 0 Å². The Morgan fingerprint density at radius 2 is 2.12 bits per heavy atom. The molecule has 1 aliphatic rings. The van der Waals surface area contributed by atoms with Gasteiger partial charge in [-0.1, -0.05) is 0 Å². The molecule has 24 heavy (non-hydrogen) atoms. The van der Waals surface area contributed by atoms with Crippen LogP contribution < -0.4 is 10.2 Å². The molecule has 1 saturated heterocycles. The molecule has 0 radical (unpaired) electrons. The number of aromatic nitrogens is 2. The van der Waals surface area contributed by atoms with Gasteiger partial charge in [0.2, 0.25) is 11.9 Å². The van der Waals surface area contributed by atoms with Crippen LogP contribution in [0.5, 0.6) is 0 Å². The van der Waals surface area contributed by atoms with Gasteiger partial charge >= 0.3 is 5.97 Å². The van der Waals surface area contributed by atoms with Crippen molar-refractivity contribution in [2.75, 3.05) is 36.5 Å². The number of nitrogens with zero attached hydrogens (tertiary/aromatic N) is 4. The van der Waals surface area contributed by atoms with Gasteiger partial charge in [0.15, 0.2) is 5.78 Å². The van der Waals surface area contributed by atoms with E-state index in [0.29, 0.717) is 18.3 Å². The number of Topliss-reactive ketones (excluding diaryl/α,β-unsaturated/α-hetero) is 1. The summed E-state index contributed by atoms with van der Waals surface area (Å²) in [6.45, 7) is 5.90. The first-order valence-corrected chi connectivity index (χ1v) is 8.08. The molecule has 128 valence electrons. The minimum atomic E-state index is -1.51. The molecule has 8 heteroatoms. The second-order valence-electron chi connectivity index (χ2n) is 5.34. The monoisotopic (exact) mass is 331 g/mol. The Kier molecular flexibility index (Phi) is 6.07. The van der Waals surface area contributed by atoms with E-state index in [1.54, 1.807) is 13.0 Å². The van der Waals surface area contributed by atoms with E-state index in [1.807, 2.05) is 11.8 Å². The largest absolute Gasteiger partial charge is 0.465 e. The number of esters is 1. The second-order valence-corrected chi connectivity index (χ2v) is 5.34. The fourth-order valence-electron chi connectivity index (χ4n) is 2.52. The van der Waals surface area contributed by atoms with Crippen LogP contribution >= 0.6 is 0 Å². The molecule has 1 aromatic rings. The van der Waals surface area contributed by atoms with Crippen molar-refractivity contribution in [2.24, 2.45) is 5.92 Å². The van der Waals surface area contributed by atoms with E-state index in [0.717, 1.165) is 25.9 Å². The molecule has 1 N–H and O–H groups in total. The van der Waals surface area contributed by atoms with Gasteiger partial charge in [-0.25, -0.2) is 4.98 Å². The Labute approximate surface area is 140 Å². The molecule has 1 unspecified atom stereocenters. The first-order chi connectivity index (χ1) is 11.6. The van der Waals surface area contributed by atoms with E-state index >= 15 is 0 Å². The predicted octanol–water partition coefficient (Wildman–Crippen LogP) is 1.39. The number of hydrogen-bond acceptors (Lipinski definition) is 8. The Morgan fingerprint density at radius 1 is 1.42 bits per heavy atom. The van der Waals surface area contributed by atoms with Crippen LogP contribution in [0.15, 0.2) is 6.20 Å². The number of ketones is 1. The molecular formula is C16H21N5O3. The summed E-state index contributed by atoms with van der Waals surface area (Å²) in [6.07, 6.45) is 3.55. The number of nitrogens with one attached hydrogen (secondary N) is 1. The van der Waals surface area contributed by atoms with Crippen molar-refractivity contribution in [3.05, 3.63) is 11.8 Å². The van der Waals surface area contributed by atoms with Crippen molar-refractivity contribution >= 4 is 23.5 Å². The first kappa shape index (κ1) is 17.7. The fourth-order valence-corrected chi connectivity index (χ4v) is 2.52. The first-order valence-electron chi connectivity index (χ1n) is 8.08. The molecule has 0 saturated carbocycles. The summed E-state index contributed by atoms with van der Waals surface area (Å²) in [6, 6.07) is 1.71. The highest BCUT2D eigenvalue weighted by molar-refractivity contribution is 6.12. The maximum absolute atomic E-state index is 12.6. The van der Waals surface area contributed by atoms with Crippen molar-refractivity contribution in [1.29, 1.82) is 5.26 Å². The maximum atomic E-state index is 12.6. The van der Waals surface area contributed by atoms with Crippen molar-refractivity contribution in [1.82, 2.24) is 9.97 Å². The van der Waals surface area contributed by atoms with E-state index < -0.39 is 17.7 Å². The minimum absolute atomic E-state index is 0.106. The zero-order chi connectivity index (χ0) is 17.5. The number of nitriles is 1. The van der Waals surface area contributed by atoms with E-state index in [-0.39, 0.29) is 12.2 Å². The summed E-state index contributed by atoms with van der Waals surface area (Å²) < 4.78 is 4.79. The molecule has 0 aromatic carbocycles. The van der Waals surface area contributed by atoms with Crippen LogP contribution in [0.1, 0.15) is 37.0 Å². The van der Waals surface area contributed by atoms with Gasteiger partial charge in [-0.15, -0.1) is 0 Å². The highest BCUT2D eigenvalue weighted by Crippen LogP contribution is 2.22. The van der Waals surface area contributed by atoms with Gasteiger partial charge in [0.05, 0.1) is 18.2 Å². The Balaban J connectivity index is 2.32. The number of anilines is 2. The van der Waals surface area contributed by atoms with E-state index in [9.17, 15) is 9.59 Å². The zero-order valence-electron chi connectivity index (χ0n) is 13.9. The topological polar surface area (TPSA) is 108 Å². The van der Waals surface area contributed by atoms with E-state index in [2.05, 4.69) is 15.3 Å². The highest BCUT2D eigenvalue weighted by atomic mass is 16.5. The summed E-state index contributed by atoms with van der Waals surface area (Å²) in [5.41, 5.74) is 0.124. The maximum Gasteiger partial charge on any atom is 0.331 e. The van der Waals surface area contributed by atoms with Crippen molar-refractivity contribution < 1.29 is 14.3 Å². The summed E-state index contributed by atoms with van der Waals surface area (Å²) in [4.78, 5) is 35.1. The third-order valence-electron chi connectivity index (χ3n) is 3.69. The third kappa shape index (κ3) is 3.79. The lowest BCUT2D eigenvalue weighted by atomic mass is 10.0. The lowest BCUT2D eigenvalue weighted by Gasteiger charge is -2.18. The SMILES string of the molecule is CCNc1nc(N2CCCC2)ncc1C(=O)C(C#N)C(=O)OCC. The van der Waals surface area contributed by atoms with Crippen molar-refractivity contribution in [3.63, 3.8) is 0 Å². The molecule has 1 fully saturated rings. The quantitative estimate of drug-likeness (QED) is 0.454. The van der Waals surface area contributed by atoms with Gasteiger partial charge in [0.25, 0.3) is 0 Å². The van der Waals surface area contributed by atoms with Crippen LogP contribution in [0.4, 0.5) is 11.8 Å². The van der Waals surface area contributed by atoms with Crippen LogP contribution in [-0.2, 0) is 9.53 Å². The lowest BCUT2D eigenvalue weighted by Crippen LogP contribution is -2.27. The molecular weight excluding hydrogens is 310 g/mol. The molecule has 2 rings (SSSR count). The second kappa shape index (κ2) is 8.24. The normalized spacial score (nSPS) is 14.8. The molecule has 1 aromatic heterocycles. The molecule has 0 bridgehead atoms. The summed E-state index contributed by atoms with van der Waals surface area (Å²) in [7, 11) is 0. The molecule has 0 amide bonds. The van der Waals surface area contributed by atoms with Crippen LogP contribution in [0.25, 0.3) is 0 Å². The van der Waals surface area contributed by atoms with Crippen molar-refractivity contribution in [3.8, 4) is 6.07 Å². The van der Waals surface area contributed by atoms with Gasteiger partial charge in [-0.3, -0.25) is 9.59 Å². The third-order valence-corrected chi connectivity index (χ3v) is 3.69. The van der Waals surface area contributed by atoms with Gasteiger partial charge in [-0.2, -0.15) is 10.2 Å². The Morgan fingerprint density at radius 3 is 2.71 bits per heavy atom. The Bertz CT molecular complexity index is 650. The average molecular weight is 331 g/mol. The van der Waals surface area contributed by atoms with Gasteiger partial charge in [0.1, 0.15) is 5.82 Å². The number of hydrogen-bond donors (Lipinski definition) is 1. The van der Waals surface area contributed by atoms with Gasteiger partial charge in [-0.05, 0) is 26.7 Å². The summed E-state index contributed by atoms with van der Waals surface area (Å²) in [5, 5.41) is 12.2. The number of carbonyl (C=O) groups excluding carboxylic acids is 2. The number of ether oxygens (including phenoxy) is 1. The standard InChI is InChI=1S/C16H21N5O3/c1-3-18-14-12(13(22)11(9-17)15(23)24-4-2)10-19-16(20-14)21-7-5-6-8-21/h10-11H,3-8H2,1-2H3,(H,18,19,20).